The van der Waals surface area contributed by atoms with E-state index in [2.05, 4.69) is 6.92 Å². The van der Waals surface area contributed by atoms with Crippen LogP contribution in [0.2, 0.25) is 0 Å². The van der Waals surface area contributed by atoms with Crippen LogP contribution in [0.4, 0.5) is 4.79 Å². The summed E-state index contributed by atoms with van der Waals surface area (Å²) in [6.45, 7) is 4.54. The Morgan fingerprint density at radius 3 is 2.48 bits per heavy atom. The standard InChI is InChI=1S/C17H24N2O4/c1-3-4-12-23-17(21)19-10-8-18(9-11-19)16(20)14-6-5-7-15(13-14)22-2/h5-7,13H,3-4,8-12H2,1-2H3. The molecular weight excluding hydrogens is 296 g/mol. The van der Waals surface area contributed by atoms with Crippen molar-refractivity contribution < 1.29 is 19.1 Å². The maximum Gasteiger partial charge on any atom is 0.409 e. The molecule has 1 saturated heterocycles. The summed E-state index contributed by atoms with van der Waals surface area (Å²) in [5.41, 5.74) is 0.600. The zero-order valence-corrected chi connectivity index (χ0v) is 13.8. The van der Waals surface area contributed by atoms with Gasteiger partial charge in [0, 0.05) is 31.7 Å². The summed E-state index contributed by atoms with van der Waals surface area (Å²) >= 11 is 0. The van der Waals surface area contributed by atoms with Gasteiger partial charge < -0.3 is 19.3 Å². The van der Waals surface area contributed by atoms with E-state index >= 15 is 0 Å². The van der Waals surface area contributed by atoms with Gasteiger partial charge in [0.15, 0.2) is 0 Å². The Balaban J connectivity index is 1.86. The molecule has 1 heterocycles. The average molecular weight is 320 g/mol. The second-order valence-electron chi connectivity index (χ2n) is 5.48. The van der Waals surface area contributed by atoms with Crippen LogP contribution in [0.15, 0.2) is 24.3 Å². The summed E-state index contributed by atoms with van der Waals surface area (Å²) in [5.74, 6) is 0.622. The molecule has 1 aromatic carbocycles. The van der Waals surface area contributed by atoms with Crippen LogP contribution in [0.25, 0.3) is 0 Å². The van der Waals surface area contributed by atoms with Crippen molar-refractivity contribution in [3.05, 3.63) is 29.8 Å². The largest absolute Gasteiger partial charge is 0.497 e. The molecule has 0 bridgehead atoms. The number of rotatable bonds is 5. The Kier molecular flexibility index (Phi) is 6.26. The van der Waals surface area contributed by atoms with Gasteiger partial charge in [-0.3, -0.25) is 4.79 Å². The second-order valence-corrected chi connectivity index (χ2v) is 5.48. The molecule has 0 N–H and O–H groups in total. The number of unbranched alkanes of at least 4 members (excludes halogenated alkanes) is 1. The number of hydrogen-bond donors (Lipinski definition) is 0. The summed E-state index contributed by atoms with van der Waals surface area (Å²) in [5, 5.41) is 0. The van der Waals surface area contributed by atoms with E-state index in [1.807, 2.05) is 0 Å². The van der Waals surface area contributed by atoms with E-state index in [0.717, 1.165) is 12.8 Å². The maximum absolute atomic E-state index is 12.5. The van der Waals surface area contributed by atoms with E-state index in [1.54, 1.807) is 41.2 Å². The van der Waals surface area contributed by atoms with Crippen molar-refractivity contribution in [2.45, 2.75) is 19.8 Å². The van der Waals surface area contributed by atoms with Gasteiger partial charge in [-0.1, -0.05) is 19.4 Å². The van der Waals surface area contributed by atoms with Gasteiger partial charge in [-0.2, -0.15) is 0 Å². The fraction of sp³-hybridized carbons (Fsp3) is 0.529. The molecule has 2 rings (SSSR count). The summed E-state index contributed by atoms with van der Waals surface area (Å²) in [6, 6.07) is 7.11. The molecule has 23 heavy (non-hydrogen) atoms. The van der Waals surface area contributed by atoms with Crippen LogP contribution in [0.1, 0.15) is 30.1 Å². The Bertz CT molecular complexity index is 539. The molecule has 0 aromatic heterocycles. The monoisotopic (exact) mass is 320 g/mol. The number of ether oxygens (including phenoxy) is 2. The molecule has 0 aliphatic carbocycles. The Morgan fingerprint density at radius 1 is 1.13 bits per heavy atom. The Morgan fingerprint density at radius 2 is 1.83 bits per heavy atom. The van der Waals surface area contributed by atoms with Gasteiger partial charge in [-0.25, -0.2) is 4.79 Å². The molecule has 6 heteroatoms. The van der Waals surface area contributed by atoms with Crippen molar-refractivity contribution in [1.82, 2.24) is 9.80 Å². The van der Waals surface area contributed by atoms with Crippen LogP contribution in [0, 0.1) is 0 Å². The van der Waals surface area contributed by atoms with Crippen LogP contribution in [0.3, 0.4) is 0 Å². The van der Waals surface area contributed by atoms with E-state index in [-0.39, 0.29) is 12.0 Å². The normalized spacial score (nSPS) is 14.5. The highest BCUT2D eigenvalue weighted by molar-refractivity contribution is 5.94. The summed E-state index contributed by atoms with van der Waals surface area (Å²) in [6.07, 6.45) is 1.59. The minimum Gasteiger partial charge on any atom is -0.497 e. The van der Waals surface area contributed by atoms with Gasteiger partial charge >= 0.3 is 6.09 Å². The number of carbonyl (C=O) groups excluding carboxylic acids is 2. The lowest BCUT2D eigenvalue weighted by Gasteiger charge is -2.34. The number of piperazine rings is 1. The van der Waals surface area contributed by atoms with Gasteiger partial charge in [0.2, 0.25) is 0 Å². The maximum atomic E-state index is 12.5. The molecular formula is C17H24N2O4. The van der Waals surface area contributed by atoms with Crippen LogP contribution < -0.4 is 4.74 Å². The molecule has 6 nitrogen and oxygen atoms in total. The van der Waals surface area contributed by atoms with Crippen LogP contribution >= 0.6 is 0 Å². The van der Waals surface area contributed by atoms with E-state index in [4.69, 9.17) is 9.47 Å². The first-order chi connectivity index (χ1) is 11.2. The highest BCUT2D eigenvalue weighted by atomic mass is 16.6. The van der Waals surface area contributed by atoms with Gasteiger partial charge in [-0.05, 0) is 24.6 Å². The third-order valence-corrected chi connectivity index (χ3v) is 3.87. The van der Waals surface area contributed by atoms with Crippen molar-refractivity contribution in [3.63, 3.8) is 0 Å². The fourth-order valence-electron chi connectivity index (χ4n) is 2.43. The van der Waals surface area contributed by atoms with E-state index in [1.165, 1.54) is 0 Å². The zero-order valence-electron chi connectivity index (χ0n) is 13.8. The summed E-state index contributed by atoms with van der Waals surface area (Å²) in [7, 11) is 1.58. The molecule has 0 spiro atoms. The average Bonchev–Trinajstić information content (AvgIpc) is 2.61. The van der Waals surface area contributed by atoms with E-state index < -0.39 is 0 Å². The van der Waals surface area contributed by atoms with Crippen LogP contribution in [-0.4, -0.2) is 61.7 Å². The number of hydrogen-bond acceptors (Lipinski definition) is 4. The fourth-order valence-corrected chi connectivity index (χ4v) is 2.43. The van der Waals surface area contributed by atoms with Gasteiger partial charge in [-0.15, -0.1) is 0 Å². The first kappa shape index (κ1) is 17.1. The quantitative estimate of drug-likeness (QED) is 0.782. The molecule has 2 amide bonds. The molecule has 0 atom stereocenters. The third-order valence-electron chi connectivity index (χ3n) is 3.87. The number of carbonyl (C=O) groups is 2. The van der Waals surface area contributed by atoms with Gasteiger partial charge in [0.05, 0.1) is 13.7 Å². The third kappa shape index (κ3) is 4.61. The minimum atomic E-state index is -0.285. The first-order valence-corrected chi connectivity index (χ1v) is 8.00. The first-order valence-electron chi connectivity index (χ1n) is 8.00. The molecule has 0 saturated carbocycles. The second kappa shape index (κ2) is 8.41. The van der Waals surface area contributed by atoms with Gasteiger partial charge in [0.1, 0.15) is 5.75 Å². The van der Waals surface area contributed by atoms with E-state index in [0.29, 0.717) is 44.1 Å². The minimum absolute atomic E-state index is 0.0390. The van der Waals surface area contributed by atoms with Gasteiger partial charge in [0.25, 0.3) is 5.91 Å². The molecule has 1 aliphatic rings. The van der Waals surface area contributed by atoms with Crippen LogP contribution in [0.5, 0.6) is 5.75 Å². The lowest BCUT2D eigenvalue weighted by molar-refractivity contribution is 0.0557. The van der Waals surface area contributed by atoms with Crippen molar-refractivity contribution >= 4 is 12.0 Å². The number of amides is 2. The summed E-state index contributed by atoms with van der Waals surface area (Å²) < 4.78 is 10.3. The van der Waals surface area contributed by atoms with Crippen molar-refractivity contribution in [3.8, 4) is 5.75 Å². The van der Waals surface area contributed by atoms with E-state index in [9.17, 15) is 9.59 Å². The SMILES string of the molecule is CCCCOC(=O)N1CCN(C(=O)c2cccc(OC)c2)CC1. The zero-order chi connectivity index (χ0) is 16.7. The van der Waals surface area contributed by atoms with Crippen LogP contribution in [-0.2, 0) is 4.74 Å². The Hall–Kier alpha value is -2.24. The molecule has 126 valence electrons. The number of benzene rings is 1. The predicted octanol–water partition coefficient (Wildman–Crippen LogP) is 2.39. The molecule has 0 radical (unpaired) electrons. The molecule has 0 unspecified atom stereocenters. The number of nitrogens with zero attached hydrogens (tertiary/aromatic N) is 2. The number of methoxy groups -OCH3 is 1. The lowest BCUT2D eigenvalue weighted by Crippen LogP contribution is -2.50. The van der Waals surface area contributed by atoms with Crippen molar-refractivity contribution in [2.75, 3.05) is 39.9 Å². The molecule has 1 fully saturated rings. The Labute approximate surface area is 137 Å². The van der Waals surface area contributed by atoms with Crippen molar-refractivity contribution in [2.24, 2.45) is 0 Å². The van der Waals surface area contributed by atoms with Crippen molar-refractivity contribution in [1.29, 1.82) is 0 Å². The lowest BCUT2D eigenvalue weighted by atomic mass is 10.1. The summed E-state index contributed by atoms with van der Waals surface area (Å²) in [4.78, 5) is 27.8. The highest BCUT2D eigenvalue weighted by Crippen LogP contribution is 2.15. The smallest absolute Gasteiger partial charge is 0.409 e. The predicted molar refractivity (Wildman–Crippen MR) is 86.7 cm³/mol. The molecule has 1 aliphatic heterocycles. The molecule has 1 aromatic rings. The topological polar surface area (TPSA) is 59.1 Å². The highest BCUT2D eigenvalue weighted by Gasteiger charge is 2.25.